The van der Waals surface area contributed by atoms with E-state index >= 15 is 0 Å². The van der Waals surface area contributed by atoms with E-state index in [4.69, 9.17) is 0 Å². The monoisotopic (exact) mass is 267 g/mol. The fourth-order valence-electron chi connectivity index (χ4n) is 2.16. The zero-order valence-corrected chi connectivity index (χ0v) is 11.9. The van der Waals surface area contributed by atoms with Crippen molar-refractivity contribution < 1.29 is 4.79 Å². The van der Waals surface area contributed by atoms with Crippen LogP contribution in [0.5, 0.6) is 0 Å². The van der Waals surface area contributed by atoms with Crippen LogP contribution in [-0.4, -0.2) is 55.0 Å². The largest absolute Gasteiger partial charge is 0.339 e. The minimum atomic E-state index is -0.0755. The van der Waals surface area contributed by atoms with Crippen molar-refractivity contribution in [3.05, 3.63) is 22.4 Å². The molecule has 18 heavy (non-hydrogen) atoms. The zero-order chi connectivity index (χ0) is 13.0. The molecule has 2 rings (SSSR count). The predicted octanol–water partition coefficient (Wildman–Crippen LogP) is 1.00. The lowest BCUT2D eigenvalue weighted by Crippen LogP contribution is -2.52. The van der Waals surface area contributed by atoms with Crippen molar-refractivity contribution >= 4 is 17.2 Å². The molecule has 1 N–H and O–H groups in total. The number of amides is 1. The van der Waals surface area contributed by atoms with Crippen LogP contribution in [0.15, 0.2) is 16.8 Å². The Hall–Kier alpha value is -0.910. The first-order valence-corrected chi connectivity index (χ1v) is 7.34. The van der Waals surface area contributed by atoms with E-state index in [1.54, 1.807) is 11.3 Å². The van der Waals surface area contributed by atoms with Crippen molar-refractivity contribution in [2.75, 3.05) is 33.2 Å². The molecule has 1 fully saturated rings. The van der Waals surface area contributed by atoms with Gasteiger partial charge in [0, 0.05) is 32.7 Å². The zero-order valence-electron chi connectivity index (χ0n) is 11.1. The number of carbonyl (C=O) groups is 1. The molecule has 1 saturated heterocycles. The summed E-state index contributed by atoms with van der Waals surface area (Å²) >= 11 is 1.74. The summed E-state index contributed by atoms with van der Waals surface area (Å²) in [6.07, 6.45) is 0. The second-order valence-electron chi connectivity index (χ2n) is 4.74. The molecule has 1 aromatic rings. The first-order valence-electron chi connectivity index (χ1n) is 6.40. The van der Waals surface area contributed by atoms with Crippen molar-refractivity contribution in [2.45, 2.75) is 19.5 Å². The lowest BCUT2D eigenvalue weighted by molar-refractivity contribution is -0.134. The first-order chi connectivity index (χ1) is 8.70. The van der Waals surface area contributed by atoms with Gasteiger partial charge in [-0.2, -0.15) is 11.3 Å². The van der Waals surface area contributed by atoms with Crippen molar-refractivity contribution in [3.8, 4) is 0 Å². The van der Waals surface area contributed by atoms with Gasteiger partial charge in [-0.05, 0) is 36.4 Å². The van der Waals surface area contributed by atoms with Gasteiger partial charge in [0.25, 0.3) is 0 Å². The van der Waals surface area contributed by atoms with Crippen LogP contribution in [0.1, 0.15) is 12.5 Å². The lowest BCUT2D eigenvalue weighted by Gasteiger charge is -2.35. The van der Waals surface area contributed by atoms with E-state index in [1.165, 1.54) is 5.56 Å². The van der Waals surface area contributed by atoms with Crippen LogP contribution in [0.2, 0.25) is 0 Å². The van der Waals surface area contributed by atoms with Gasteiger partial charge in [0.15, 0.2) is 0 Å². The molecule has 0 saturated carbocycles. The van der Waals surface area contributed by atoms with Gasteiger partial charge in [0.05, 0.1) is 6.04 Å². The Morgan fingerprint density at radius 3 is 2.72 bits per heavy atom. The lowest BCUT2D eigenvalue weighted by atomic mass is 10.2. The average molecular weight is 267 g/mol. The SMILES string of the molecule is CNC(C)C(=O)N1CCN(Cc2ccsc2)CC1. The number of likely N-dealkylation sites (N-methyl/N-ethyl adjacent to an activating group) is 1. The molecule has 0 spiro atoms. The highest BCUT2D eigenvalue weighted by Gasteiger charge is 2.23. The quantitative estimate of drug-likeness (QED) is 0.884. The van der Waals surface area contributed by atoms with Crippen molar-refractivity contribution in [2.24, 2.45) is 0 Å². The Bertz CT molecular complexity index is 372. The van der Waals surface area contributed by atoms with Gasteiger partial charge in [0.2, 0.25) is 5.91 Å². The number of piperazine rings is 1. The van der Waals surface area contributed by atoms with E-state index in [0.29, 0.717) is 0 Å². The van der Waals surface area contributed by atoms with Crippen LogP contribution in [0.25, 0.3) is 0 Å². The molecule has 0 aliphatic carbocycles. The number of hydrogen-bond acceptors (Lipinski definition) is 4. The summed E-state index contributed by atoms with van der Waals surface area (Å²) in [6, 6.07) is 2.10. The molecule has 0 bridgehead atoms. The van der Waals surface area contributed by atoms with E-state index in [9.17, 15) is 4.79 Å². The summed E-state index contributed by atoms with van der Waals surface area (Å²) in [4.78, 5) is 16.4. The van der Waals surface area contributed by atoms with E-state index in [-0.39, 0.29) is 11.9 Å². The Morgan fingerprint density at radius 1 is 1.44 bits per heavy atom. The summed E-state index contributed by atoms with van der Waals surface area (Å²) in [5.74, 6) is 0.215. The molecule has 2 heterocycles. The first kappa shape index (κ1) is 13.5. The standard InChI is InChI=1S/C13H21N3OS/c1-11(14-2)13(17)16-6-4-15(5-7-16)9-12-3-8-18-10-12/h3,8,10-11,14H,4-7,9H2,1-2H3. The van der Waals surface area contributed by atoms with Gasteiger partial charge in [-0.3, -0.25) is 9.69 Å². The molecule has 0 radical (unpaired) electrons. The van der Waals surface area contributed by atoms with E-state index < -0.39 is 0 Å². The smallest absolute Gasteiger partial charge is 0.239 e. The van der Waals surface area contributed by atoms with E-state index in [1.807, 2.05) is 18.9 Å². The van der Waals surface area contributed by atoms with Crippen molar-refractivity contribution in [3.63, 3.8) is 0 Å². The topological polar surface area (TPSA) is 35.6 Å². The molecule has 4 nitrogen and oxygen atoms in total. The Labute approximate surface area is 113 Å². The summed E-state index contributed by atoms with van der Waals surface area (Å²) in [6.45, 7) is 6.55. The molecule has 1 amide bonds. The van der Waals surface area contributed by atoms with Crippen molar-refractivity contribution in [1.82, 2.24) is 15.1 Å². The molecule has 1 aromatic heterocycles. The minimum Gasteiger partial charge on any atom is -0.339 e. The third-order valence-electron chi connectivity index (χ3n) is 3.47. The highest BCUT2D eigenvalue weighted by atomic mass is 32.1. The number of rotatable bonds is 4. The third-order valence-corrected chi connectivity index (χ3v) is 4.21. The van der Waals surface area contributed by atoms with Crippen molar-refractivity contribution in [1.29, 1.82) is 0 Å². The summed E-state index contributed by atoms with van der Waals surface area (Å²) in [7, 11) is 1.83. The van der Waals surface area contributed by atoms with Gasteiger partial charge in [-0.15, -0.1) is 0 Å². The van der Waals surface area contributed by atoms with Gasteiger partial charge < -0.3 is 10.2 Å². The number of nitrogens with one attached hydrogen (secondary N) is 1. The molecule has 1 atom stereocenters. The summed E-state index contributed by atoms with van der Waals surface area (Å²) < 4.78 is 0. The van der Waals surface area contributed by atoms with Gasteiger partial charge >= 0.3 is 0 Å². The van der Waals surface area contributed by atoms with E-state index in [0.717, 1.165) is 32.7 Å². The van der Waals surface area contributed by atoms with Crippen LogP contribution in [-0.2, 0) is 11.3 Å². The Morgan fingerprint density at radius 2 is 2.17 bits per heavy atom. The third kappa shape index (κ3) is 3.31. The molecular formula is C13H21N3OS. The van der Waals surface area contributed by atoms with Gasteiger partial charge in [-0.1, -0.05) is 0 Å². The maximum Gasteiger partial charge on any atom is 0.239 e. The normalized spacial score (nSPS) is 18.9. The van der Waals surface area contributed by atoms with Crippen LogP contribution >= 0.6 is 11.3 Å². The Balaban J connectivity index is 1.79. The van der Waals surface area contributed by atoms with Crippen LogP contribution in [0.4, 0.5) is 0 Å². The van der Waals surface area contributed by atoms with Gasteiger partial charge in [-0.25, -0.2) is 0 Å². The minimum absolute atomic E-state index is 0.0755. The second kappa shape index (κ2) is 6.31. The summed E-state index contributed by atoms with van der Waals surface area (Å²) in [5, 5.41) is 7.32. The molecule has 5 heteroatoms. The second-order valence-corrected chi connectivity index (χ2v) is 5.52. The molecule has 0 aromatic carbocycles. The molecular weight excluding hydrogens is 246 g/mol. The summed E-state index contributed by atoms with van der Waals surface area (Å²) in [5.41, 5.74) is 1.38. The highest BCUT2D eigenvalue weighted by molar-refractivity contribution is 7.07. The number of carbonyl (C=O) groups excluding carboxylic acids is 1. The van der Waals surface area contributed by atoms with Gasteiger partial charge in [0.1, 0.15) is 0 Å². The van der Waals surface area contributed by atoms with Crippen LogP contribution in [0.3, 0.4) is 0 Å². The predicted molar refractivity (Wildman–Crippen MR) is 74.7 cm³/mol. The number of thiophene rings is 1. The molecule has 1 aliphatic heterocycles. The van der Waals surface area contributed by atoms with E-state index in [2.05, 4.69) is 27.0 Å². The number of hydrogen-bond donors (Lipinski definition) is 1. The average Bonchev–Trinajstić information content (AvgIpc) is 2.91. The molecule has 100 valence electrons. The van der Waals surface area contributed by atoms with Crippen LogP contribution < -0.4 is 5.32 Å². The fraction of sp³-hybridized carbons (Fsp3) is 0.615. The Kier molecular flexibility index (Phi) is 4.74. The van der Waals surface area contributed by atoms with Crippen LogP contribution in [0, 0.1) is 0 Å². The molecule has 1 aliphatic rings. The number of nitrogens with zero attached hydrogens (tertiary/aromatic N) is 2. The highest BCUT2D eigenvalue weighted by Crippen LogP contribution is 2.12. The molecule has 1 unspecified atom stereocenters. The maximum absolute atomic E-state index is 12.0. The fourth-order valence-corrected chi connectivity index (χ4v) is 2.82. The maximum atomic E-state index is 12.0.